The largest absolute Gasteiger partial charge is 0.349 e. The third kappa shape index (κ3) is 3.47. The fraction of sp³-hybridized carbons (Fsp3) is 0.500. The Morgan fingerprint density at radius 3 is 2.29 bits per heavy atom. The minimum absolute atomic E-state index is 0.00920. The fourth-order valence-electron chi connectivity index (χ4n) is 1.73. The van der Waals surface area contributed by atoms with Gasteiger partial charge in [-0.25, -0.2) is 0 Å². The maximum Gasteiger partial charge on any atom is 0.252 e. The molecule has 1 aromatic rings. The molecule has 0 aliphatic heterocycles. The number of nitrogens with one attached hydrogen (secondary N) is 1. The van der Waals surface area contributed by atoms with E-state index in [9.17, 15) is 4.79 Å². The summed E-state index contributed by atoms with van der Waals surface area (Å²) in [6.45, 7) is 7.93. The molecular formula is C14H20ClNO. The van der Waals surface area contributed by atoms with Crippen molar-refractivity contribution < 1.29 is 4.79 Å². The maximum absolute atomic E-state index is 12.2. The second kappa shape index (κ2) is 6.06. The van der Waals surface area contributed by atoms with Crippen LogP contribution in [0.15, 0.2) is 18.2 Å². The molecule has 0 bridgehead atoms. The number of alkyl halides is 1. The standard InChI is InChI=1S/C14H20ClNO/c1-9-6-5-7-10(2)13(9)14(17)16-12(4)11(3)8-15/h5-7,11-12H,8H2,1-4H3,(H,16,17). The van der Waals surface area contributed by atoms with Crippen LogP contribution in [0.5, 0.6) is 0 Å². The number of aryl methyl sites for hydroxylation is 2. The Hall–Kier alpha value is -1.02. The van der Waals surface area contributed by atoms with E-state index in [1.54, 1.807) is 0 Å². The van der Waals surface area contributed by atoms with E-state index in [0.29, 0.717) is 5.88 Å². The molecule has 0 saturated heterocycles. The van der Waals surface area contributed by atoms with Gasteiger partial charge in [0.1, 0.15) is 0 Å². The SMILES string of the molecule is Cc1cccc(C)c1C(=O)NC(C)C(C)CCl. The molecule has 1 rings (SSSR count). The van der Waals surface area contributed by atoms with E-state index < -0.39 is 0 Å². The number of carbonyl (C=O) groups excluding carboxylic acids is 1. The molecule has 1 aromatic carbocycles. The zero-order valence-corrected chi connectivity index (χ0v) is 11.6. The number of amides is 1. The molecule has 2 unspecified atom stereocenters. The van der Waals surface area contributed by atoms with Crippen LogP contribution >= 0.6 is 11.6 Å². The van der Waals surface area contributed by atoms with Gasteiger partial charge in [0, 0.05) is 17.5 Å². The van der Waals surface area contributed by atoms with Crippen LogP contribution in [0.4, 0.5) is 0 Å². The summed E-state index contributed by atoms with van der Waals surface area (Å²) < 4.78 is 0. The van der Waals surface area contributed by atoms with Gasteiger partial charge in [-0.3, -0.25) is 4.79 Å². The van der Waals surface area contributed by atoms with Crippen LogP contribution in [0.25, 0.3) is 0 Å². The summed E-state index contributed by atoms with van der Waals surface area (Å²) in [5.41, 5.74) is 2.79. The van der Waals surface area contributed by atoms with Crippen LogP contribution in [-0.4, -0.2) is 17.8 Å². The van der Waals surface area contributed by atoms with Crippen LogP contribution in [0.1, 0.15) is 35.3 Å². The first-order valence-corrected chi connectivity index (χ1v) is 6.43. The van der Waals surface area contributed by atoms with E-state index in [1.807, 2.05) is 45.9 Å². The quantitative estimate of drug-likeness (QED) is 0.820. The molecule has 3 heteroatoms. The summed E-state index contributed by atoms with van der Waals surface area (Å²) in [6.07, 6.45) is 0. The first-order chi connectivity index (χ1) is 7.97. The normalized spacial score (nSPS) is 14.2. The first-order valence-electron chi connectivity index (χ1n) is 5.90. The lowest BCUT2D eigenvalue weighted by Gasteiger charge is -2.20. The van der Waals surface area contributed by atoms with E-state index in [-0.39, 0.29) is 17.9 Å². The second-order valence-corrected chi connectivity index (χ2v) is 4.97. The van der Waals surface area contributed by atoms with Gasteiger partial charge in [0.2, 0.25) is 0 Å². The number of carbonyl (C=O) groups is 1. The smallest absolute Gasteiger partial charge is 0.252 e. The highest BCUT2D eigenvalue weighted by Crippen LogP contribution is 2.14. The summed E-state index contributed by atoms with van der Waals surface area (Å²) in [5, 5.41) is 3.01. The minimum atomic E-state index is -0.00920. The van der Waals surface area contributed by atoms with Crippen LogP contribution in [0.2, 0.25) is 0 Å². The molecule has 94 valence electrons. The van der Waals surface area contributed by atoms with Crippen LogP contribution in [0, 0.1) is 19.8 Å². The molecule has 0 spiro atoms. The van der Waals surface area contributed by atoms with Crippen molar-refractivity contribution in [1.29, 1.82) is 0 Å². The van der Waals surface area contributed by atoms with Crippen LogP contribution in [0.3, 0.4) is 0 Å². The molecule has 1 amide bonds. The van der Waals surface area contributed by atoms with Gasteiger partial charge < -0.3 is 5.32 Å². The Bertz CT molecular complexity index is 383. The van der Waals surface area contributed by atoms with Crippen molar-refractivity contribution in [2.24, 2.45) is 5.92 Å². The predicted molar refractivity (Wildman–Crippen MR) is 72.7 cm³/mol. The van der Waals surface area contributed by atoms with Gasteiger partial charge in [-0.15, -0.1) is 11.6 Å². The topological polar surface area (TPSA) is 29.1 Å². The van der Waals surface area contributed by atoms with Gasteiger partial charge in [-0.05, 0) is 37.8 Å². The lowest BCUT2D eigenvalue weighted by Crippen LogP contribution is -2.38. The second-order valence-electron chi connectivity index (χ2n) is 4.66. The number of rotatable bonds is 4. The molecule has 17 heavy (non-hydrogen) atoms. The van der Waals surface area contributed by atoms with Gasteiger partial charge >= 0.3 is 0 Å². The number of benzene rings is 1. The molecule has 0 radical (unpaired) electrons. The van der Waals surface area contributed by atoms with Crippen molar-refractivity contribution in [3.63, 3.8) is 0 Å². The van der Waals surface area contributed by atoms with Crippen molar-refractivity contribution in [3.05, 3.63) is 34.9 Å². The minimum Gasteiger partial charge on any atom is -0.349 e. The van der Waals surface area contributed by atoms with Gasteiger partial charge in [-0.1, -0.05) is 25.1 Å². The van der Waals surface area contributed by atoms with E-state index in [1.165, 1.54) is 0 Å². The average Bonchev–Trinajstić information content (AvgIpc) is 2.27. The molecular weight excluding hydrogens is 234 g/mol. The summed E-state index contributed by atoms with van der Waals surface area (Å²) in [4.78, 5) is 12.2. The molecule has 0 saturated carbocycles. The van der Waals surface area contributed by atoms with E-state index in [2.05, 4.69) is 5.32 Å². The molecule has 2 nitrogen and oxygen atoms in total. The highest BCUT2D eigenvalue weighted by molar-refractivity contribution is 6.18. The molecule has 0 heterocycles. The zero-order valence-electron chi connectivity index (χ0n) is 10.9. The molecule has 0 aliphatic carbocycles. The first kappa shape index (κ1) is 14.0. The summed E-state index contributed by atoms with van der Waals surface area (Å²) >= 11 is 5.79. The highest BCUT2D eigenvalue weighted by atomic mass is 35.5. The monoisotopic (exact) mass is 253 g/mol. The molecule has 1 N–H and O–H groups in total. The van der Waals surface area contributed by atoms with Crippen molar-refractivity contribution >= 4 is 17.5 Å². The van der Waals surface area contributed by atoms with Gasteiger partial charge in [0.25, 0.3) is 5.91 Å². The predicted octanol–water partition coefficient (Wildman–Crippen LogP) is 3.30. The molecule has 0 fully saturated rings. The van der Waals surface area contributed by atoms with E-state index in [4.69, 9.17) is 11.6 Å². The molecule has 0 aliphatic rings. The van der Waals surface area contributed by atoms with E-state index >= 15 is 0 Å². The zero-order chi connectivity index (χ0) is 13.0. The van der Waals surface area contributed by atoms with E-state index in [0.717, 1.165) is 16.7 Å². The Morgan fingerprint density at radius 2 is 1.82 bits per heavy atom. The van der Waals surface area contributed by atoms with Gasteiger partial charge in [-0.2, -0.15) is 0 Å². The third-order valence-electron chi connectivity index (χ3n) is 3.16. The van der Waals surface area contributed by atoms with Crippen molar-refractivity contribution in [1.82, 2.24) is 5.32 Å². The number of hydrogen-bond acceptors (Lipinski definition) is 1. The van der Waals surface area contributed by atoms with Gasteiger partial charge in [0.15, 0.2) is 0 Å². The highest BCUT2D eigenvalue weighted by Gasteiger charge is 2.17. The Morgan fingerprint density at radius 1 is 1.29 bits per heavy atom. The van der Waals surface area contributed by atoms with Crippen molar-refractivity contribution in [2.75, 3.05) is 5.88 Å². The Balaban J connectivity index is 2.84. The van der Waals surface area contributed by atoms with Crippen molar-refractivity contribution in [2.45, 2.75) is 33.7 Å². The number of halogens is 1. The fourth-order valence-corrected chi connectivity index (χ4v) is 1.99. The maximum atomic E-state index is 12.2. The van der Waals surface area contributed by atoms with Crippen LogP contribution < -0.4 is 5.32 Å². The average molecular weight is 254 g/mol. The van der Waals surface area contributed by atoms with Crippen LogP contribution in [-0.2, 0) is 0 Å². The number of hydrogen-bond donors (Lipinski definition) is 1. The molecule has 2 atom stereocenters. The van der Waals surface area contributed by atoms with Gasteiger partial charge in [0.05, 0.1) is 0 Å². The Kier molecular flexibility index (Phi) is 5.01. The lowest BCUT2D eigenvalue weighted by atomic mass is 10.0. The summed E-state index contributed by atoms with van der Waals surface area (Å²) in [5.74, 6) is 0.809. The lowest BCUT2D eigenvalue weighted by molar-refractivity contribution is 0.0929. The summed E-state index contributed by atoms with van der Waals surface area (Å²) in [6, 6.07) is 5.96. The Labute approximate surface area is 108 Å². The summed E-state index contributed by atoms with van der Waals surface area (Å²) in [7, 11) is 0. The van der Waals surface area contributed by atoms with Crippen molar-refractivity contribution in [3.8, 4) is 0 Å². The molecule has 0 aromatic heterocycles. The third-order valence-corrected chi connectivity index (χ3v) is 3.65.